The fraction of sp³-hybridized carbons (Fsp3) is 0.920. The summed E-state index contributed by atoms with van der Waals surface area (Å²) in [4.78, 5) is 26.5. The highest BCUT2D eigenvalue weighted by Crippen LogP contribution is 2.45. The van der Waals surface area contributed by atoms with Crippen LogP contribution in [0.4, 0.5) is 0 Å². The summed E-state index contributed by atoms with van der Waals surface area (Å²) >= 11 is 0. The molecule has 0 spiro atoms. The number of carbonyl (C=O) groups is 2. The van der Waals surface area contributed by atoms with E-state index in [0.29, 0.717) is 12.3 Å². The number of hydrogen-bond acceptors (Lipinski definition) is 3. The third kappa shape index (κ3) is 7.25. The van der Waals surface area contributed by atoms with Gasteiger partial charge in [-0.3, -0.25) is 9.59 Å². The maximum absolute atomic E-state index is 12.5. The summed E-state index contributed by atoms with van der Waals surface area (Å²) in [6.07, 6.45) is 16.9. The highest BCUT2D eigenvalue weighted by molar-refractivity contribution is 5.78. The van der Waals surface area contributed by atoms with Gasteiger partial charge in [-0.05, 0) is 37.5 Å². The van der Waals surface area contributed by atoms with Gasteiger partial charge in [0.15, 0.2) is 0 Å². The molecule has 0 heterocycles. The normalized spacial score (nSPS) is 28.7. The number of nitrogens with zero attached hydrogens (tertiary/aromatic N) is 1. The van der Waals surface area contributed by atoms with Crippen molar-refractivity contribution in [3.05, 3.63) is 0 Å². The summed E-state index contributed by atoms with van der Waals surface area (Å²) in [5.74, 6) is -0.441. The molecule has 0 aromatic rings. The van der Waals surface area contributed by atoms with Crippen LogP contribution in [0.15, 0.2) is 0 Å². The third-order valence-corrected chi connectivity index (χ3v) is 7.64. The molecule has 5 atom stereocenters. The zero-order valence-corrected chi connectivity index (χ0v) is 19.5. The van der Waals surface area contributed by atoms with Crippen molar-refractivity contribution in [2.24, 2.45) is 23.5 Å². The minimum atomic E-state index is -0.643. The van der Waals surface area contributed by atoms with Gasteiger partial charge < -0.3 is 15.7 Å². The maximum atomic E-state index is 12.5. The molecule has 0 aromatic heterocycles. The van der Waals surface area contributed by atoms with E-state index in [1.165, 1.54) is 51.4 Å². The van der Waals surface area contributed by atoms with E-state index in [9.17, 15) is 14.7 Å². The van der Waals surface area contributed by atoms with E-state index in [-0.39, 0.29) is 17.9 Å². The van der Waals surface area contributed by atoms with Crippen molar-refractivity contribution < 1.29 is 14.7 Å². The highest BCUT2D eigenvalue weighted by atomic mass is 16.3. The molecule has 2 rings (SSSR count). The maximum Gasteiger partial charge on any atom is 0.223 e. The molecule has 30 heavy (non-hydrogen) atoms. The van der Waals surface area contributed by atoms with E-state index in [2.05, 4.69) is 6.92 Å². The molecule has 5 heteroatoms. The first-order valence-electron chi connectivity index (χ1n) is 12.7. The summed E-state index contributed by atoms with van der Waals surface area (Å²) in [5.41, 5.74) is 5.62. The summed E-state index contributed by atoms with van der Waals surface area (Å²) in [6, 6.07) is 0.0484. The van der Waals surface area contributed by atoms with Crippen LogP contribution >= 0.6 is 0 Å². The fourth-order valence-electron chi connectivity index (χ4n) is 5.93. The largest absolute Gasteiger partial charge is 0.392 e. The van der Waals surface area contributed by atoms with E-state index >= 15 is 0 Å². The second-order valence-electron chi connectivity index (χ2n) is 9.81. The summed E-state index contributed by atoms with van der Waals surface area (Å²) < 4.78 is 0. The molecule has 0 aromatic carbocycles. The van der Waals surface area contributed by atoms with Crippen LogP contribution in [0.2, 0.25) is 0 Å². The molecule has 2 fully saturated rings. The van der Waals surface area contributed by atoms with E-state index < -0.39 is 17.9 Å². The van der Waals surface area contributed by atoms with Gasteiger partial charge in [0.05, 0.1) is 12.0 Å². The first-order valence-corrected chi connectivity index (χ1v) is 12.7. The highest BCUT2D eigenvalue weighted by Gasteiger charge is 2.48. The molecule has 2 aliphatic carbocycles. The number of aliphatic hydroxyl groups excluding tert-OH is 1. The topological polar surface area (TPSA) is 83.6 Å². The summed E-state index contributed by atoms with van der Waals surface area (Å²) in [7, 11) is 0. The lowest BCUT2D eigenvalue weighted by Gasteiger charge is -2.50. The molecule has 3 N–H and O–H groups in total. The number of rotatable bonds is 13. The van der Waals surface area contributed by atoms with Crippen LogP contribution in [-0.4, -0.2) is 40.5 Å². The smallest absolute Gasteiger partial charge is 0.223 e. The van der Waals surface area contributed by atoms with E-state index in [1.54, 1.807) is 6.92 Å². The van der Waals surface area contributed by atoms with Gasteiger partial charge >= 0.3 is 0 Å². The van der Waals surface area contributed by atoms with Gasteiger partial charge in [-0.1, -0.05) is 77.6 Å². The molecular weight excluding hydrogens is 376 g/mol. The van der Waals surface area contributed by atoms with Gasteiger partial charge in [-0.15, -0.1) is 0 Å². The quantitative estimate of drug-likeness (QED) is 0.418. The Hall–Kier alpha value is -1.10. The molecule has 0 bridgehead atoms. The number of hydrogen-bond donors (Lipinski definition) is 2. The van der Waals surface area contributed by atoms with Crippen molar-refractivity contribution in [3.63, 3.8) is 0 Å². The van der Waals surface area contributed by atoms with Crippen molar-refractivity contribution in [1.82, 2.24) is 4.90 Å². The SMILES string of the molecule is CCCCCCCCCCCCN(C(C)=O)C1CC(C(N)=O)C(O)C2CCCCC21. The van der Waals surface area contributed by atoms with Gasteiger partial charge in [0, 0.05) is 19.5 Å². The zero-order chi connectivity index (χ0) is 21.9. The van der Waals surface area contributed by atoms with Crippen LogP contribution in [0, 0.1) is 17.8 Å². The number of aliphatic hydroxyl groups is 1. The molecule has 2 saturated carbocycles. The van der Waals surface area contributed by atoms with Crippen LogP contribution in [0.5, 0.6) is 0 Å². The predicted molar refractivity (Wildman–Crippen MR) is 122 cm³/mol. The minimum absolute atomic E-state index is 0.0484. The van der Waals surface area contributed by atoms with Crippen LogP contribution in [0.1, 0.15) is 110 Å². The standard InChI is InChI=1S/C25H46N2O3/c1-3-4-5-6-7-8-9-10-11-14-17-27(19(2)28)23-18-22(25(26)30)24(29)21-16-13-12-15-20(21)23/h20-24,29H,3-18H2,1-2H3,(H2,26,30). The minimum Gasteiger partial charge on any atom is -0.392 e. The van der Waals surface area contributed by atoms with Crippen LogP contribution in [0.3, 0.4) is 0 Å². The summed E-state index contributed by atoms with van der Waals surface area (Å²) in [5, 5.41) is 10.7. The van der Waals surface area contributed by atoms with Crippen molar-refractivity contribution in [2.75, 3.05) is 6.54 Å². The first-order chi connectivity index (χ1) is 14.5. The lowest BCUT2D eigenvalue weighted by molar-refractivity contribution is -0.146. The molecule has 174 valence electrons. The van der Waals surface area contributed by atoms with Gasteiger partial charge in [-0.2, -0.15) is 0 Å². The molecule has 2 amide bonds. The number of amides is 2. The Labute approximate surface area is 184 Å². The van der Waals surface area contributed by atoms with Crippen LogP contribution in [0.25, 0.3) is 0 Å². The fourth-order valence-corrected chi connectivity index (χ4v) is 5.93. The Balaban J connectivity index is 1.82. The average Bonchev–Trinajstić information content (AvgIpc) is 2.72. The Morgan fingerprint density at radius 2 is 1.43 bits per heavy atom. The predicted octanol–water partition coefficient (Wildman–Crippen LogP) is 4.80. The van der Waals surface area contributed by atoms with Crippen molar-refractivity contribution in [1.29, 1.82) is 0 Å². The van der Waals surface area contributed by atoms with E-state index in [1.807, 2.05) is 4.90 Å². The molecule has 2 aliphatic rings. The van der Waals surface area contributed by atoms with Crippen LogP contribution in [-0.2, 0) is 9.59 Å². The molecule has 5 unspecified atom stereocenters. The lowest BCUT2D eigenvalue weighted by Crippen LogP contribution is -2.57. The molecule has 0 saturated heterocycles. The zero-order valence-electron chi connectivity index (χ0n) is 19.5. The number of carbonyl (C=O) groups excluding carboxylic acids is 2. The molecule has 0 aliphatic heterocycles. The second-order valence-corrected chi connectivity index (χ2v) is 9.81. The van der Waals surface area contributed by atoms with Gasteiger partial charge in [0.1, 0.15) is 0 Å². The summed E-state index contributed by atoms with van der Waals surface area (Å²) in [6.45, 7) is 4.67. The van der Waals surface area contributed by atoms with Gasteiger partial charge in [0.2, 0.25) is 11.8 Å². The number of primary amides is 1. The molecular formula is C25H46N2O3. The molecule has 5 nitrogen and oxygen atoms in total. The Morgan fingerprint density at radius 3 is 1.97 bits per heavy atom. The Bertz CT molecular complexity index is 525. The number of unbranched alkanes of at least 4 members (excludes halogenated alkanes) is 9. The Morgan fingerprint density at radius 1 is 0.900 bits per heavy atom. The van der Waals surface area contributed by atoms with Crippen LogP contribution < -0.4 is 5.73 Å². The average molecular weight is 423 g/mol. The molecule has 0 radical (unpaired) electrons. The van der Waals surface area contributed by atoms with E-state index in [4.69, 9.17) is 5.73 Å². The lowest BCUT2D eigenvalue weighted by atomic mass is 9.63. The third-order valence-electron chi connectivity index (χ3n) is 7.64. The van der Waals surface area contributed by atoms with E-state index in [0.717, 1.165) is 45.1 Å². The van der Waals surface area contributed by atoms with Crippen molar-refractivity contribution >= 4 is 11.8 Å². The number of nitrogens with two attached hydrogens (primary N) is 1. The number of fused-ring (bicyclic) bond motifs is 1. The Kier molecular flexibility index (Phi) is 11.2. The second kappa shape index (κ2) is 13.3. The van der Waals surface area contributed by atoms with Gasteiger partial charge in [-0.25, -0.2) is 0 Å². The monoisotopic (exact) mass is 422 g/mol. The first kappa shape index (κ1) is 25.2. The van der Waals surface area contributed by atoms with Gasteiger partial charge in [0.25, 0.3) is 0 Å². The van der Waals surface area contributed by atoms with Crippen molar-refractivity contribution in [3.8, 4) is 0 Å². The van der Waals surface area contributed by atoms with Crippen molar-refractivity contribution in [2.45, 2.75) is 122 Å².